The van der Waals surface area contributed by atoms with Gasteiger partial charge in [0.05, 0.1) is 4.90 Å². The Morgan fingerprint density at radius 3 is 2.61 bits per heavy atom. The molecule has 0 radical (unpaired) electrons. The van der Waals surface area contributed by atoms with Gasteiger partial charge < -0.3 is 19.5 Å². The van der Waals surface area contributed by atoms with Gasteiger partial charge in [-0.25, -0.2) is 18.4 Å². The molecule has 0 spiro atoms. The first-order valence-corrected chi connectivity index (χ1v) is 9.81. The Labute approximate surface area is 161 Å². The molecule has 1 aliphatic rings. The van der Waals surface area contributed by atoms with Crippen LogP contribution in [-0.4, -0.2) is 39.1 Å². The molecule has 0 fully saturated rings. The van der Waals surface area contributed by atoms with E-state index >= 15 is 0 Å². The van der Waals surface area contributed by atoms with Crippen LogP contribution in [0.15, 0.2) is 53.4 Å². The van der Waals surface area contributed by atoms with Gasteiger partial charge in [0.15, 0.2) is 17.6 Å². The third-order valence-corrected chi connectivity index (χ3v) is 4.77. The summed E-state index contributed by atoms with van der Waals surface area (Å²) in [5, 5.41) is 7.53. The quantitative estimate of drug-likeness (QED) is 0.709. The molecule has 3 N–H and O–H groups in total. The Kier molecular flexibility index (Phi) is 5.52. The van der Waals surface area contributed by atoms with Crippen LogP contribution in [0, 0.1) is 0 Å². The lowest BCUT2D eigenvalue weighted by atomic mass is 10.2. The summed E-state index contributed by atoms with van der Waals surface area (Å²) in [4.78, 5) is 24.4. The molecule has 0 aromatic heterocycles. The number of nitrogens with one attached hydrogen (secondary N) is 1. The highest BCUT2D eigenvalue weighted by Gasteiger charge is 2.31. The van der Waals surface area contributed by atoms with Crippen LogP contribution in [0.25, 0.3) is 0 Å². The largest absolute Gasteiger partial charge is 0.485 e. The molecule has 2 aromatic rings. The molecule has 10 heteroatoms. The second-order valence-electron chi connectivity index (χ2n) is 6.01. The van der Waals surface area contributed by atoms with Crippen molar-refractivity contribution < 1.29 is 32.2 Å². The van der Waals surface area contributed by atoms with E-state index in [0.717, 1.165) is 0 Å². The highest BCUT2D eigenvalue weighted by Crippen LogP contribution is 2.31. The van der Waals surface area contributed by atoms with Gasteiger partial charge in [0.2, 0.25) is 16.1 Å². The van der Waals surface area contributed by atoms with Gasteiger partial charge in [-0.2, -0.15) is 0 Å². The molecular weight excluding hydrogens is 388 g/mol. The van der Waals surface area contributed by atoms with Crippen molar-refractivity contribution in [2.24, 2.45) is 5.14 Å². The lowest BCUT2D eigenvalue weighted by Gasteiger charge is -2.25. The first-order chi connectivity index (χ1) is 13.2. The summed E-state index contributed by atoms with van der Waals surface area (Å²) in [6.45, 7) is 1.34. The molecule has 0 aliphatic carbocycles. The minimum atomic E-state index is -3.91. The number of esters is 1. The van der Waals surface area contributed by atoms with Crippen molar-refractivity contribution in [3.63, 3.8) is 0 Å². The molecule has 0 saturated carbocycles. The highest BCUT2D eigenvalue weighted by molar-refractivity contribution is 7.89. The average Bonchev–Trinajstić information content (AvgIpc) is 2.67. The second-order valence-corrected chi connectivity index (χ2v) is 7.57. The average molecular weight is 406 g/mol. The SMILES string of the molecule is C[C@H](OC(=O)[C@H]1COc2ccccc2O1)C(=O)Nc1cccc(S(N)(=O)=O)c1. The predicted molar refractivity (Wildman–Crippen MR) is 98.4 cm³/mol. The minimum absolute atomic E-state index is 0.0411. The van der Waals surface area contributed by atoms with E-state index < -0.39 is 34.1 Å². The summed E-state index contributed by atoms with van der Waals surface area (Å²) >= 11 is 0. The van der Waals surface area contributed by atoms with Gasteiger partial charge in [0.1, 0.15) is 6.61 Å². The zero-order valence-corrected chi connectivity index (χ0v) is 15.6. The maximum absolute atomic E-state index is 12.3. The molecule has 0 bridgehead atoms. The Balaban J connectivity index is 1.59. The number of primary sulfonamides is 1. The van der Waals surface area contributed by atoms with Crippen molar-refractivity contribution in [3.8, 4) is 11.5 Å². The van der Waals surface area contributed by atoms with Crippen molar-refractivity contribution in [1.29, 1.82) is 0 Å². The maximum atomic E-state index is 12.3. The predicted octanol–water partition coefficient (Wildman–Crippen LogP) is 1.04. The van der Waals surface area contributed by atoms with Gasteiger partial charge in [-0.05, 0) is 37.3 Å². The van der Waals surface area contributed by atoms with Crippen LogP contribution in [0.1, 0.15) is 6.92 Å². The van der Waals surface area contributed by atoms with E-state index in [-0.39, 0.29) is 17.2 Å². The van der Waals surface area contributed by atoms with Crippen LogP contribution in [0.2, 0.25) is 0 Å². The summed E-state index contributed by atoms with van der Waals surface area (Å²) in [5.41, 5.74) is 0.200. The summed E-state index contributed by atoms with van der Waals surface area (Å²) in [5.74, 6) is -0.466. The third kappa shape index (κ3) is 4.59. The van der Waals surface area contributed by atoms with Crippen LogP contribution in [0.3, 0.4) is 0 Å². The fraction of sp³-hybridized carbons (Fsp3) is 0.222. The topological polar surface area (TPSA) is 134 Å². The maximum Gasteiger partial charge on any atom is 0.351 e. The standard InChI is InChI=1S/C18H18N2O7S/c1-11(17(21)20-12-5-4-6-13(9-12)28(19,23)24)26-18(22)16-10-25-14-7-2-3-8-15(14)27-16/h2-9,11,16H,10H2,1H3,(H,20,21)(H2,19,23,24)/t11-,16+/m0/s1. The van der Waals surface area contributed by atoms with Crippen LogP contribution in [-0.2, 0) is 24.3 Å². The molecule has 1 aliphatic heterocycles. The number of sulfonamides is 1. The van der Waals surface area contributed by atoms with Crippen LogP contribution >= 0.6 is 0 Å². The number of carbonyl (C=O) groups excluding carboxylic acids is 2. The van der Waals surface area contributed by atoms with Gasteiger partial charge in [-0.15, -0.1) is 0 Å². The molecule has 9 nitrogen and oxygen atoms in total. The number of para-hydroxylation sites is 2. The van der Waals surface area contributed by atoms with E-state index in [1.807, 2.05) is 0 Å². The molecule has 28 heavy (non-hydrogen) atoms. The number of benzene rings is 2. The van der Waals surface area contributed by atoms with Crippen LogP contribution in [0.5, 0.6) is 11.5 Å². The van der Waals surface area contributed by atoms with Crippen molar-refractivity contribution >= 4 is 27.6 Å². The molecule has 0 unspecified atom stereocenters. The van der Waals surface area contributed by atoms with E-state index in [1.165, 1.54) is 31.2 Å². The normalized spacial score (nSPS) is 16.7. The number of carbonyl (C=O) groups is 2. The molecule has 1 heterocycles. The molecule has 2 aromatic carbocycles. The Bertz CT molecular complexity index is 1010. The van der Waals surface area contributed by atoms with Crippen molar-refractivity contribution in [2.75, 3.05) is 11.9 Å². The van der Waals surface area contributed by atoms with E-state index in [4.69, 9.17) is 19.3 Å². The number of amides is 1. The lowest BCUT2D eigenvalue weighted by molar-refractivity contribution is -0.162. The van der Waals surface area contributed by atoms with Crippen LogP contribution in [0.4, 0.5) is 5.69 Å². The molecule has 3 rings (SSSR count). The lowest BCUT2D eigenvalue weighted by Crippen LogP contribution is -2.41. The Hall–Kier alpha value is -3.11. The minimum Gasteiger partial charge on any atom is -0.485 e. The van der Waals surface area contributed by atoms with Crippen molar-refractivity contribution in [1.82, 2.24) is 0 Å². The van der Waals surface area contributed by atoms with Gasteiger partial charge in [-0.3, -0.25) is 4.79 Å². The second kappa shape index (κ2) is 7.87. The summed E-state index contributed by atoms with van der Waals surface area (Å²) in [6, 6.07) is 12.3. The molecule has 2 atom stereocenters. The van der Waals surface area contributed by atoms with E-state index in [1.54, 1.807) is 24.3 Å². The molecule has 0 saturated heterocycles. The molecular formula is C18H18N2O7S. The first kappa shape index (κ1) is 19.6. The highest BCUT2D eigenvalue weighted by atomic mass is 32.2. The number of ether oxygens (including phenoxy) is 3. The number of hydrogen-bond donors (Lipinski definition) is 2. The van der Waals surface area contributed by atoms with Gasteiger partial charge in [0, 0.05) is 5.69 Å². The Morgan fingerprint density at radius 1 is 1.18 bits per heavy atom. The number of anilines is 1. The van der Waals surface area contributed by atoms with E-state index in [2.05, 4.69) is 5.32 Å². The fourth-order valence-corrected chi connectivity index (χ4v) is 2.99. The first-order valence-electron chi connectivity index (χ1n) is 8.27. The van der Waals surface area contributed by atoms with Gasteiger partial charge in [-0.1, -0.05) is 18.2 Å². The number of nitrogens with two attached hydrogens (primary N) is 1. The van der Waals surface area contributed by atoms with Crippen molar-refractivity contribution in [2.45, 2.75) is 24.0 Å². The number of fused-ring (bicyclic) bond motifs is 1. The monoisotopic (exact) mass is 406 g/mol. The van der Waals surface area contributed by atoms with Gasteiger partial charge >= 0.3 is 5.97 Å². The summed E-state index contributed by atoms with van der Waals surface area (Å²) < 4.78 is 38.9. The number of rotatable bonds is 5. The van der Waals surface area contributed by atoms with Gasteiger partial charge in [0.25, 0.3) is 5.91 Å². The smallest absolute Gasteiger partial charge is 0.351 e. The number of hydrogen-bond acceptors (Lipinski definition) is 7. The van der Waals surface area contributed by atoms with E-state index in [0.29, 0.717) is 11.5 Å². The third-order valence-electron chi connectivity index (χ3n) is 3.86. The Morgan fingerprint density at radius 2 is 1.89 bits per heavy atom. The fourth-order valence-electron chi connectivity index (χ4n) is 2.43. The van der Waals surface area contributed by atoms with Crippen LogP contribution < -0.4 is 19.9 Å². The zero-order chi connectivity index (χ0) is 20.3. The summed E-state index contributed by atoms with van der Waals surface area (Å²) in [6.07, 6.45) is -2.15. The zero-order valence-electron chi connectivity index (χ0n) is 14.8. The summed E-state index contributed by atoms with van der Waals surface area (Å²) in [7, 11) is -3.91. The molecule has 1 amide bonds. The van der Waals surface area contributed by atoms with Crippen molar-refractivity contribution in [3.05, 3.63) is 48.5 Å². The van der Waals surface area contributed by atoms with E-state index in [9.17, 15) is 18.0 Å². The molecule has 148 valence electrons.